The van der Waals surface area contributed by atoms with Crippen LogP contribution < -0.4 is 10.6 Å². The van der Waals surface area contributed by atoms with Crippen LogP contribution in [0.1, 0.15) is 31.2 Å². The van der Waals surface area contributed by atoms with Gasteiger partial charge in [-0.2, -0.15) is 0 Å². The van der Waals surface area contributed by atoms with Crippen molar-refractivity contribution in [3.05, 3.63) is 23.9 Å². The topological polar surface area (TPSA) is 95.0 Å². The van der Waals surface area contributed by atoms with Gasteiger partial charge in [0.25, 0.3) is 0 Å². The molecule has 4 N–H and O–H groups in total. The molecule has 104 valence electrons. The summed E-state index contributed by atoms with van der Waals surface area (Å²) in [6.45, 7) is 0.874. The molecule has 0 spiro atoms. The Kier molecular flexibility index (Phi) is 4.57. The lowest BCUT2D eigenvalue weighted by atomic mass is 9.91. The molecule has 1 saturated carbocycles. The number of hydrogen-bond acceptors (Lipinski definition) is 5. The number of pyridine rings is 1. The molecule has 1 aromatic heterocycles. The van der Waals surface area contributed by atoms with Gasteiger partial charge in [0.2, 0.25) is 0 Å². The number of hydrogen-bond donors (Lipinski definition) is 3. The van der Waals surface area contributed by atoms with Crippen molar-refractivity contribution in [3.8, 4) is 0 Å². The van der Waals surface area contributed by atoms with E-state index in [4.69, 9.17) is 16.0 Å². The van der Waals surface area contributed by atoms with Crippen LogP contribution in [0.5, 0.6) is 0 Å². The third-order valence-electron chi connectivity index (χ3n) is 3.52. The zero-order valence-electron chi connectivity index (χ0n) is 10.9. The maximum atomic E-state index is 9.02. The first-order chi connectivity index (χ1) is 9.27. The van der Waals surface area contributed by atoms with Crippen molar-refractivity contribution in [3.63, 3.8) is 0 Å². The Morgan fingerprint density at radius 3 is 2.89 bits per heavy atom. The van der Waals surface area contributed by atoms with Gasteiger partial charge in [-0.25, -0.2) is 4.98 Å². The number of aliphatic hydroxyl groups is 1. The third kappa shape index (κ3) is 2.96. The van der Waals surface area contributed by atoms with Crippen molar-refractivity contribution in [1.29, 1.82) is 0 Å². The number of rotatable bonds is 6. The maximum Gasteiger partial charge on any atom is 0.173 e. The van der Waals surface area contributed by atoms with Crippen LogP contribution >= 0.6 is 0 Å². The molecule has 0 aliphatic heterocycles. The summed E-state index contributed by atoms with van der Waals surface area (Å²) in [5.41, 5.74) is 6.34. The van der Waals surface area contributed by atoms with Crippen LogP contribution in [-0.2, 0) is 0 Å². The molecular weight excluding hydrogens is 244 g/mol. The number of amidine groups is 1. The summed E-state index contributed by atoms with van der Waals surface area (Å²) in [4.78, 5) is 6.54. The van der Waals surface area contributed by atoms with Crippen LogP contribution in [0.15, 0.2) is 23.5 Å². The first kappa shape index (κ1) is 13.6. The van der Waals surface area contributed by atoms with E-state index in [0.29, 0.717) is 18.0 Å². The Bertz CT molecular complexity index is 446. The van der Waals surface area contributed by atoms with Crippen molar-refractivity contribution < 1.29 is 10.3 Å². The minimum absolute atomic E-state index is 0.0661. The average molecular weight is 264 g/mol. The van der Waals surface area contributed by atoms with E-state index in [1.807, 2.05) is 0 Å². The lowest BCUT2D eigenvalue weighted by Gasteiger charge is -2.39. The number of aliphatic hydroxyl groups excluding tert-OH is 1. The molecule has 0 amide bonds. The smallest absolute Gasteiger partial charge is 0.173 e. The van der Waals surface area contributed by atoms with Crippen LogP contribution in [0.3, 0.4) is 0 Å². The molecule has 2 rings (SSSR count). The van der Waals surface area contributed by atoms with E-state index in [0.717, 1.165) is 25.2 Å². The fourth-order valence-electron chi connectivity index (χ4n) is 2.28. The summed E-state index contributed by atoms with van der Waals surface area (Å²) in [7, 11) is 0. The van der Waals surface area contributed by atoms with E-state index in [-0.39, 0.29) is 12.4 Å². The minimum Gasteiger partial charge on any atom is -0.409 e. The molecule has 0 bridgehead atoms. The Morgan fingerprint density at radius 2 is 2.32 bits per heavy atom. The van der Waals surface area contributed by atoms with Crippen LogP contribution in [0, 0.1) is 0 Å². The largest absolute Gasteiger partial charge is 0.409 e. The predicted octanol–water partition coefficient (Wildman–Crippen LogP) is 0.917. The van der Waals surface area contributed by atoms with Gasteiger partial charge in [-0.15, -0.1) is 0 Å². The molecule has 0 atom stereocenters. The number of anilines is 1. The van der Waals surface area contributed by atoms with E-state index >= 15 is 0 Å². The molecule has 1 aliphatic carbocycles. The van der Waals surface area contributed by atoms with Gasteiger partial charge in [-0.1, -0.05) is 5.16 Å². The first-order valence-corrected chi connectivity index (χ1v) is 6.58. The number of nitrogens with two attached hydrogens (primary N) is 1. The van der Waals surface area contributed by atoms with Crippen molar-refractivity contribution in [1.82, 2.24) is 4.98 Å². The first-order valence-electron chi connectivity index (χ1n) is 6.58. The van der Waals surface area contributed by atoms with Crippen molar-refractivity contribution >= 4 is 11.7 Å². The highest BCUT2D eigenvalue weighted by atomic mass is 16.4. The van der Waals surface area contributed by atoms with Crippen LogP contribution in [0.25, 0.3) is 0 Å². The lowest BCUT2D eigenvalue weighted by Crippen LogP contribution is -2.42. The second-order valence-corrected chi connectivity index (χ2v) is 4.72. The zero-order valence-corrected chi connectivity index (χ0v) is 10.9. The molecule has 1 heterocycles. The standard InChI is InChI=1S/C13H20N4O2/c14-12(16-19)11-6-2-7-15-13(11)17(8-3-9-18)10-4-1-5-10/h2,6-7,10,18-19H,1,3-5,8-9H2,(H2,14,16). The van der Waals surface area contributed by atoms with Gasteiger partial charge < -0.3 is 20.9 Å². The molecule has 1 fully saturated rings. The SMILES string of the molecule is N/C(=N/O)c1cccnc1N(CCCO)C1CCC1. The van der Waals surface area contributed by atoms with Crippen LogP contribution in [0.2, 0.25) is 0 Å². The summed E-state index contributed by atoms with van der Waals surface area (Å²) in [5, 5.41) is 20.9. The normalized spacial score (nSPS) is 16.2. The molecule has 0 radical (unpaired) electrons. The van der Waals surface area contributed by atoms with Gasteiger partial charge in [0, 0.05) is 25.4 Å². The van der Waals surface area contributed by atoms with Crippen LogP contribution in [0.4, 0.5) is 5.82 Å². The summed E-state index contributed by atoms with van der Waals surface area (Å²) in [5.74, 6) is 0.798. The molecule has 1 aliphatic rings. The fourth-order valence-corrected chi connectivity index (χ4v) is 2.28. The predicted molar refractivity (Wildman–Crippen MR) is 73.4 cm³/mol. The minimum atomic E-state index is 0.0661. The van der Waals surface area contributed by atoms with Crippen molar-refractivity contribution in [2.45, 2.75) is 31.7 Å². The Hall–Kier alpha value is -1.82. The number of aromatic nitrogens is 1. The van der Waals surface area contributed by atoms with Gasteiger partial charge in [0.05, 0.1) is 5.56 Å². The van der Waals surface area contributed by atoms with Gasteiger partial charge in [0.1, 0.15) is 5.82 Å². The van der Waals surface area contributed by atoms with E-state index in [9.17, 15) is 0 Å². The van der Waals surface area contributed by atoms with E-state index in [2.05, 4.69) is 15.0 Å². The summed E-state index contributed by atoms with van der Waals surface area (Å²) in [6.07, 6.45) is 5.85. The van der Waals surface area contributed by atoms with Gasteiger partial charge >= 0.3 is 0 Å². The highest BCUT2D eigenvalue weighted by molar-refractivity contribution is 6.01. The molecule has 0 aromatic carbocycles. The summed E-state index contributed by atoms with van der Waals surface area (Å²) < 4.78 is 0. The monoisotopic (exact) mass is 264 g/mol. The zero-order chi connectivity index (χ0) is 13.7. The second kappa shape index (κ2) is 6.38. The molecule has 0 saturated heterocycles. The highest BCUT2D eigenvalue weighted by Gasteiger charge is 2.27. The Morgan fingerprint density at radius 1 is 1.53 bits per heavy atom. The van der Waals surface area contributed by atoms with Gasteiger partial charge in [-0.05, 0) is 37.8 Å². The quantitative estimate of drug-likeness (QED) is 0.307. The molecule has 19 heavy (non-hydrogen) atoms. The molecule has 0 unspecified atom stereocenters. The number of oxime groups is 1. The molecule has 6 heteroatoms. The Balaban J connectivity index is 2.29. The van der Waals surface area contributed by atoms with Crippen molar-refractivity contribution in [2.24, 2.45) is 10.9 Å². The van der Waals surface area contributed by atoms with E-state index in [1.54, 1.807) is 18.3 Å². The Labute approximate surface area is 112 Å². The van der Waals surface area contributed by atoms with E-state index < -0.39 is 0 Å². The second-order valence-electron chi connectivity index (χ2n) is 4.72. The molecule has 1 aromatic rings. The van der Waals surface area contributed by atoms with Crippen LogP contribution in [-0.4, -0.2) is 40.3 Å². The van der Waals surface area contributed by atoms with Crippen molar-refractivity contribution in [2.75, 3.05) is 18.1 Å². The number of nitrogens with zero attached hydrogens (tertiary/aromatic N) is 3. The highest BCUT2D eigenvalue weighted by Crippen LogP contribution is 2.30. The molecular formula is C13H20N4O2. The average Bonchev–Trinajstić information content (AvgIpc) is 2.40. The maximum absolute atomic E-state index is 9.02. The van der Waals surface area contributed by atoms with E-state index in [1.165, 1.54) is 6.42 Å². The summed E-state index contributed by atoms with van der Waals surface area (Å²) >= 11 is 0. The fraction of sp³-hybridized carbons (Fsp3) is 0.538. The third-order valence-corrected chi connectivity index (χ3v) is 3.52. The lowest BCUT2D eigenvalue weighted by molar-refractivity contribution is 0.282. The summed E-state index contributed by atoms with van der Waals surface area (Å²) in [6, 6.07) is 4.00. The molecule has 6 nitrogen and oxygen atoms in total. The van der Waals surface area contributed by atoms with Gasteiger partial charge in [-0.3, -0.25) is 0 Å². The van der Waals surface area contributed by atoms with Gasteiger partial charge in [0.15, 0.2) is 5.84 Å².